The third-order valence-corrected chi connectivity index (χ3v) is 3.73. The molecule has 0 saturated carbocycles. The highest BCUT2D eigenvalue weighted by atomic mass is 19.1. The predicted molar refractivity (Wildman–Crippen MR) is 81.5 cm³/mol. The number of halogens is 1. The van der Waals surface area contributed by atoms with Crippen molar-refractivity contribution in [3.05, 3.63) is 59.4 Å². The molecule has 0 fully saturated rings. The van der Waals surface area contributed by atoms with E-state index >= 15 is 0 Å². The lowest BCUT2D eigenvalue weighted by atomic mass is 10.0. The largest absolute Gasteiger partial charge is 0.454 e. The van der Waals surface area contributed by atoms with Crippen molar-refractivity contribution in [2.24, 2.45) is 0 Å². The Morgan fingerprint density at radius 1 is 1.05 bits per heavy atom. The zero-order valence-corrected chi connectivity index (χ0v) is 11.7. The maximum atomic E-state index is 13.0. The first-order chi connectivity index (χ1) is 10.7. The van der Waals surface area contributed by atoms with Crippen LogP contribution in [0.25, 0.3) is 10.9 Å². The predicted octanol–water partition coefficient (Wildman–Crippen LogP) is 3.28. The maximum Gasteiger partial charge on any atom is 0.231 e. The molecular formula is C17H13FN2O2. The molecule has 2 N–H and O–H groups in total. The molecule has 0 aliphatic carbocycles. The quantitative estimate of drug-likeness (QED) is 0.788. The smallest absolute Gasteiger partial charge is 0.231 e. The average molecular weight is 296 g/mol. The highest BCUT2D eigenvalue weighted by molar-refractivity contribution is 5.85. The van der Waals surface area contributed by atoms with E-state index in [1.165, 1.54) is 12.1 Å². The van der Waals surface area contributed by atoms with Crippen molar-refractivity contribution in [1.29, 1.82) is 0 Å². The van der Waals surface area contributed by atoms with Crippen LogP contribution in [0.3, 0.4) is 0 Å². The van der Waals surface area contributed by atoms with Crippen molar-refractivity contribution in [3.8, 4) is 11.5 Å². The van der Waals surface area contributed by atoms with Crippen molar-refractivity contribution in [2.45, 2.75) is 6.42 Å². The summed E-state index contributed by atoms with van der Waals surface area (Å²) in [4.78, 5) is 4.43. The summed E-state index contributed by atoms with van der Waals surface area (Å²) in [5, 5.41) is 0.940. The molecule has 1 aliphatic heterocycles. The van der Waals surface area contributed by atoms with Crippen LogP contribution >= 0.6 is 0 Å². The molecule has 5 heteroatoms. The fourth-order valence-corrected chi connectivity index (χ4v) is 2.59. The monoisotopic (exact) mass is 296 g/mol. The first kappa shape index (κ1) is 12.9. The number of nitrogens with zero attached hydrogens (tertiary/aromatic N) is 1. The van der Waals surface area contributed by atoms with Gasteiger partial charge in [-0.25, -0.2) is 9.37 Å². The summed E-state index contributed by atoms with van der Waals surface area (Å²) in [6.45, 7) is 0.226. The van der Waals surface area contributed by atoms with Crippen LogP contribution in [0.2, 0.25) is 0 Å². The third kappa shape index (κ3) is 2.20. The molecule has 0 unspecified atom stereocenters. The minimum Gasteiger partial charge on any atom is -0.454 e. The second-order valence-corrected chi connectivity index (χ2v) is 5.23. The fraction of sp³-hybridized carbons (Fsp3) is 0.118. The summed E-state index contributed by atoms with van der Waals surface area (Å²) in [7, 11) is 0. The van der Waals surface area contributed by atoms with Gasteiger partial charge < -0.3 is 15.2 Å². The van der Waals surface area contributed by atoms with Gasteiger partial charge >= 0.3 is 0 Å². The zero-order valence-electron chi connectivity index (χ0n) is 11.7. The Morgan fingerprint density at radius 3 is 2.55 bits per heavy atom. The number of fused-ring (bicyclic) bond motifs is 2. The molecule has 0 spiro atoms. The minimum atomic E-state index is -0.249. The molecule has 1 aromatic heterocycles. The van der Waals surface area contributed by atoms with E-state index in [-0.39, 0.29) is 12.6 Å². The van der Waals surface area contributed by atoms with E-state index < -0.39 is 0 Å². The molecule has 2 aromatic carbocycles. The van der Waals surface area contributed by atoms with Crippen molar-refractivity contribution < 1.29 is 13.9 Å². The molecule has 0 bridgehead atoms. The van der Waals surface area contributed by atoms with Gasteiger partial charge in [-0.1, -0.05) is 12.1 Å². The van der Waals surface area contributed by atoms with Crippen LogP contribution in [-0.4, -0.2) is 11.8 Å². The third-order valence-electron chi connectivity index (χ3n) is 3.73. The molecule has 1 aliphatic rings. The van der Waals surface area contributed by atoms with E-state index in [4.69, 9.17) is 15.2 Å². The lowest BCUT2D eigenvalue weighted by molar-refractivity contribution is 0.174. The molecule has 0 amide bonds. The number of nitrogens with two attached hydrogens (primary N) is 1. The normalized spacial score (nSPS) is 12.8. The van der Waals surface area contributed by atoms with E-state index in [0.717, 1.165) is 22.0 Å². The number of hydrogen-bond donors (Lipinski definition) is 1. The molecule has 2 heterocycles. The molecule has 4 nitrogen and oxygen atoms in total. The maximum absolute atomic E-state index is 13.0. The van der Waals surface area contributed by atoms with E-state index in [2.05, 4.69) is 4.98 Å². The van der Waals surface area contributed by atoms with Crippen LogP contribution in [0, 0.1) is 5.82 Å². The molecule has 3 aromatic rings. The second-order valence-electron chi connectivity index (χ2n) is 5.23. The van der Waals surface area contributed by atoms with Crippen LogP contribution in [0.5, 0.6) is 11.5 Å². The zero-order chi connectivity index (χ0) is 15.1. The molecule has 0 saturated heterocycles. The van der Waals surface area contributed by atoms with Crippen LogP contribution in [0.15, 0.2) is 42.5 Å². The molecule has 0 radical (unpaired) electrons. The molecule has 22 heavy (non-hydrogen) atoms. The highest BCUT2D eigenvalue weighted by Crippen LogP contribution is 2.36. The van der Waals surface area contributed by atoms with Gasteiger partial charge in [0.15, 0.2) is 11.5 Å². The lowest BCUT2D eigenvalue weighted by Gasteiger charge is -2.08. The number of hydrogen-bond acceptors (Lipinski definition) is 4. The van der Waals surface area contributed by atoms with Gasteiger partial charge in [-0.05, 0) is 35.4 Å². The second kappa shape index (κ2) is 4.87. The summed E-state index contributed by atoms with van der Waals surface area (Å²) >= 11 is 0. The van der Waals surface area contributed by atoms with Gasteiger partial charge in [0.1, 0.15) is 11.6 Å². The number of nitrogen functional groups attached to an aromatic ring is 1. The summed E-state index contributed by atoms with van der Waals surface area (Å²) < 4.78 is 23.7. The number of aromatic nitrogens is 1. The topological polar surface area (TPSA) is 57.4 Å². The molecule has 0 atom stereocenters. The van der Waals surface area contributed by atoms with Gasteiger partial charge in [0.2, 0.25) is 6.79 Å². The Balaban J connectivity index is 1.76. The van der Waals surface area contributed by atoms with E-state index in [9.17, 15) is 4.39 Å². The van der Waals surface area contributed by atoms with Crippen LogP contribution in [0.4, 0.5) is 10.2 Å². The van der Waals surface area contributed by atoms with Crippen molar-refractivity contribution in [3.63, 3.8) is 0 Å². The van der Waals surface area contributed by atoms with Crippen molar-refractivity contribution >= 4 is 16.7 Å². The lowest BCUT2D eigenvalue weighted by Crippen LogP contribution is -1.99. The van der Waals surface area contributed by atoms with E-state index in [1.54, 1.807) is 12.1 Å². The van der Waals surface area contributed by atoms with Crippen LogP contribution in [-0.2, 0) is 6.42 Å². The van der Waals surface area contributed by atoms with E-state index in [1.807, 2.05) is 18.2 Å². The summed E-state index contributed by atoms with van der Waals surface area (Å²) in [5.74, 6) is 1.62. The first-order valence-corrected chi connectivity index (χ1v) is 6.92. The van der Waals surface area contributed by atoms with Gasteiger partial charge in [0.05, 0.1) is 5.52 Å². The first-order valence-electron chi connectivity index (χ1n) is 6.92. The molecule has 4 rings (SSSR count). The molecule has 110 valence electrons. The van der Waals surface area contributed by atoms with Gasteiger partial charge in [0.25, 0.3) is 0 Å². The van der Waals surface area contributed by atoms with E-state index in [0.29, 0.717) is 23.7 Å². The Hall–Kier alpha value is -2.82. The number of benzene rings is 2. The number of rotatable bonds is 2. The van der Waals surface area contributed by atoms with Crippen LogP contribution < -0.4 is 15.2 Å². The molecular weight excluding hydrogens is 283 g/mol. The number of ether oxygens (including phenoxy) is 2. The average Bonchev–Trinajstić information content (AvgIpc) is 2.95. The van der Waals surface area contributed by atoms with Gasteiger partial charge in [-0.15, -0.1) is 0 Å². The fourth-order valence-electron chi connectivity index (χ4n) is 2.59. The number of anilines is 1. The van der Waals surface area contributed by atoms with Gasteiger partial charge in [0, 0.05) is 17.9 Å². The summed E-state index contributed by atoms with van der Waals surface area (Å²) in [6.07, 6.45) is 0.601. The Kier molecular flexibility index (Phi) is 2.85. The standard InChI is InChI=1S/C17H13FN2O2/c18-13-3-1-10(2-4-13)5-12-6-11-7-15-16(22-9-21-15)8-14(11)20-17(12)19/h1-4,6-8H,5,9H2,(H2,19,20). The summed E-state index contributed by atoms with van der Waals surface area (Å²) in [5.41, 5.74) is 8.70. The van der Waals surface area contributed by atoms with Crippen LogP contribution in [0.1, 0.15) is 11.1 Å². The Morgan fingerprint density at radius 2 is 1.77 bits per heavy atom. The minimum absolute atomic E-state index is 0.226. The summed E-state index contributed by atoms with van der Waals surface area (Å²) in [6, 6.07) is 12.1. The SMILES string of the molecule is Nc1nc2cc3c(cc2cc1Cc1ccc(F)cc1)OCO3. The van der Waals surface area contributed by atoms with Crippen molar-refractivity contribution in [2.75, 3.05) is 12.5 Å². The highest BCUT2D eigenvalue weighted by Gasteiger charge is 2.16. The number of pyridine rings is 1. The van der Waals surface area contributed by atoms with Gasteiger partial charge in [-0.3, -0.25) is 0 Å². The van der Waals surface area contributed by atoms with Gasteiger partial charge in [-0.2, -0.15) is 0 Å². The van der Waals surface area contributed by atoms with Crippen molar-refractivity contribution in [1.82, 2.24) is 4.98 Å². The Bertz CT molecular complexity index is 863. The Labute approximate surface area is 126 Å².